The summed E-state index contributed by atoms with van der Waals surface area (Å²) in [6.07, 6.45) is 2.32. The number of fused-ring (bicyclic) bond motifs is 1. The predicted octanol–water partition coefficient (Wildman–Crippen LogP) is 1.93. The van der Waals surface area contributed by atoms with Crippen LogP contribution in [0.4, 0.5) is 5.69 Å². The van der Waals surface area contributed by atoms with Crippen molar-refractivity contribution in [3.63, 3.8) is 0 Å². The van der Waals surface area contributed by atoms with Gasteiger partial charge in [0.1, 0.15) is 0 Å². The quantitative estimate of drug-likeness (QED) is 0.637. The standard InChI is InChI=1S/C16H23NO3/c1-12(18)10-14-4-5-16-15(11-14)6-8-17(16)7-3-9-20-13(2)19/h4-5,11-12,18H,3,6-10H2,1-2H3/t12-/m1/s1. The van der Waals surface area contributed by atoms with Crippen LogP contribution in [0.1, 0.15) is 31.4 Å². The number of carbonyl (C=O) groups excluding carboxylic acids is 1. The molecular formula is C16H23NO3. The van der Waals surface area contributed by atoms with Crippen LogP contribution < -0.4 is 4.90 Å². The summed E-state index contributed by atoms with van der Waals surface area (Å²) in [6.45, 7) is 5.67. The molecule has 0 aliphatic carbocycles. The van der Waals surface area contributed by atoms with Gasteiger partial charge in [-0.05, 0) is 43.4 Å². The van der Waals surface area contributed by atoms with Gasteiger partial charge in [0.15, 0.2) is 0 Å². The summed E-state index contributed by atoms with van der Waals surface area (Å²) in [7, 11) is 0. The number of hydrogen-bond donors (Lipinski definition) is 1. The third-order valence-electron chi connectivity index (χ3n) is 3.54. The van der Waals surface area contributed by atoms with Gasteiger partial charge in [-0.2, -0.15) is 0 Å². The van der Waals surface area contributed by atoms with E-state index in [9.17, 15) is 9.90 Å². The minimum atomic E-state index is -0.297. The van der Waals surface area contributed by atoms with Crippen molar-refractivity contribution in [2.75, 3.05) is 24.6 Å². The average molecular weight is 277 g/mol. The zero-order chi connectivity index (χ0) is 14.5. The molecule has 20 heavy (non-hydrogen) atoms. The Balaban J connectivity index is 1.90. The molecule has 1 aliphatic rings. The molecule has 0 saturated heterocycles. The maximum absolute atomic E-state index is 10.7. The predicted molar refractivity (Wildman–Crippen MR) is 79.0 cm³/mol. The first-order valence-corrected chi connectivity index (χ1v) is 7.24. The van der Waals surface area contributed by atoms with Crippen LogP contribution in [0.15, 0.2) is 18.2 Å². The first kappa shape index (κ1) is 14.9. The van der Waals surface area contributed by atoms with E-state index in [2.05, 4.69) is 23.1 Å². The van der Waals surface area contributed by atoms with E-state index >= 15 is 0 Å². The van der Waals surface area contributed by atoms with Crippen molar-refractivity contribution in [3.05, 3.63) is 29.3 Å². The van der Waals surface area contributed by atoms with E-state index in [0.29, 0.717) is 13.0 Å². The molecule has 1 aliphatic heterocycles. The van der Waals surface area contributed by atoms with Gasteiger partial charge in [-0.3, -0.25) is 4.79 Å². The normalized spacial score (nSPS) is 15.1. The number of ether oxygens (including phenoxy) is 1. The Labute approximate surface area is 120 Å². The number of benzene rings is 1. The zero-order valence-corrected chi connectivity index (χ0v) is 12.3. The molecule has 0 bridgehead atoms. The Hall–Kier alpha value is -1.55. The molecule has 4 heteroatoms. The topological polar surface area (TPSA) is 49.8 Å². The van der Waals surface area contributed by atoms with Gasteiger partial charge in [-0.1, -0.05) is 12.1 Å². The molecule has 1 heterocycles. The van der Waals surface area contributed by atoms with Gasteiger partial charge in [0.2, 0.25) is 0 Å². The summed E-state index contributed by atoms with van der Waals surface area (Å²) in [6, 6.07) is 6.44. The SMILES string of the molecule is CC(=O)OCCCN1CCc2cc(C[C@@H](C)O)ccc21. The van der Waals surface area contributed by atoms with Gasteiger partial charge >= 0.3 is 5.97 Å². The van der Waals surface area contributed by atoms with Gasteiger partial charge in [-0.15, -0.1) is 0 Å². The highest BCUT2D eigenvalue weighted by atomic mass is 16.5. The molecule has 0 saturated carbocycles. The first-order chi connectivity index (χ1) is 9.56. The highest BCUT2D eigenvalue weighted by molar-refractivity contribution is 5.65. The summed E-state index contributed by atoms with van der Waals surface area (Å²) < 4.78 is 4.96. The fraction of sp³-hybridized carbons (Fsp3) is 0.562. The van der Waals surface area contributed by atoms with Crippen molar-refractivity contribution < 1.29 is 14.6 Å². The summed E-state index contributed by atoms with van der Waals surface area (Å²) in [5, 5.41) is 9.44. The molecule has 0 radical (unpaired) electrons. The lowest BCUT2D eigenvalue weighted by molar-refractivity contribution is -0.140. The second-order valence-electron chi connectivity index (χ2n) is 5.45. The van der Waals surface area contributed by atoms with Crippen LogP contribution in [0.5, 0.6) is 0 Å². The fourth-order valence-corrected chi connectivity index (χ4v) is 2.70. The van der Waals surface area contributed by atoms with E-state index in [1.54, 1.807) is 0 Å². The van der Waals surface area contributed by atoms with Gasteiger partial charge in [-0.25, -0.2) is 0 Å². The Morgan fingerprint density at radius 2 is 2.30 bits per heavy atom. The third kappa shape index (κ3) is 3.97. The molecule has 4 nitrogen and oxygen atoms in total. The molecule has 2 rings (SSSR count). The minimum Gasteiger partial charge on any atom is -0.466 e. The lowest BCUT2D eigenvalue weighted by Gasteiger charge is -2.19. The number of nitrogens with zero attached hydrogens (tertiary/aromatic N) is 1. The van der Waals surface area contributed by atoms with E-state index in [1.807, 2.05) is 6.92 Å². The number of anilines is 1. The van der Waals surface area contributed by atoms with Crippen LogP contribution in [0.25, 0.3) is 0 Å². The van der Waals surface area contributed by atoms with Crippen molar-refractivity contribution in [3.8, 4) is 0 Å². The van der Waals surface area contributed by atoms with E-state index < -0.39 is 0 Å². The number of aliphatic hydroxyl groups excluding tert-OH is 1. The smallest absolute Gasteiger partial charge is 0.302 e. The minimum absolute atomic E-state index is 0.213. The van der Waals surface area contributed by atoms with E-state index in [0.717, 1.165) is 25.9 Å². The maximum Gasteiger partial charge on any atom is 0.302 e. The van der Waals surface area contributed by atoms with Crippen molar-refractivity contribution in [1.29, 1.82) is 0 Å². The Kier molecular flexibility index (Phi) is 5.01. The molecule has 0 unspecified atom stereocenters. The molecule has 0 spiro atoms. The fourth-order valence-electron chi connectivity index (χ4n) is 2.70. The monoisotopic (exact) mass is 277 g/mol. The number of esters is 1. The third-order valence-corrected chi connectivity index (χ3v) is 3.54. The number of hydrogen-bond acceptors (Lipinski definition) is 4. The largest absolute Gasteiger partial charge is 0.466 e. The Morgan fingerprint density at radius 3 is 3.00 bits per heavy atom. The highest BCUT2D eigenvalue weighted by Crippen LogP contribution is 2.29. The van der Waals surface area contributed by atoms with Gasteiger partial charge in [0, 0.05) is 25.7 Å². The van der Waals surface area contributed by atoms with Crippen LogP contribution in [-0.2, 0) is 22.4 Å². The van der Waals surface area contributed by atoms with E-state index in [1.165, 1.54) is 23.7 Å². The number of carbonyl (C=O) groups is 1. The molecule has 1 atom stereocenters. The van der Waals surface area contributed by atoms with Crippen LogP contribution in [0, 0.1) is 0 Å². The van der Waals surface area contributed by atoms with Crippen molar-refractivity contribution in [1.82, 2.24) is 0 Å². The van der Waals surface area contributed by atoms with E-state index in [-0.39, 0.29) is 12.1 Å². The summed E-state index contributed by atoms with van der Waals surface area (Å²) in [5.41, 5.74) is 3.83. The van der Waals surface area contributed by atoms with Crippen molar-refractivity contribution in [2.24, 2.45) is 0 Å². The van der Waals surface area contributed by atoms with Crippen LogP contribution in [0.2, 0.25) is 0 Å². The van der Waals surface area contributed by atoms with Gasteiger partial charge in [0.05, 0.1) is 12.7 Å². The van der Waals surface area contributed by atoms with Crippen molar-refractivity contribution >= 4 is 11.7 Å². The lowest BCUT2D eigenvalue weighted by Crippen LogP contribution is -2.23. The Morgan fingerprint density at radius 1 is 1.50 bits per heavy atom. The summed E-state index contributed by atoms with van der Waals surface area (Å²) >= 11 is 0. The van der Waals surface area contributed by atoms with Crippen molar-refractivity contribution in [2.45, 2.75) is 39.2 Å². The molecule has 1 N–H and O–H groups in total. The molecule has 0 aromatic heterocycles. The highest BCUT2D eigenvalue weighted by Gasteiger charge is 2.19. The molecule has 110 valence electrons. The molecule has 0 amide bonds. The lowest BCUT2D eigenvalue weighted by atomic mass is 10.0. The second kappa shape index (κ2) is 6.75. The second-order valence-corrected chi connectivity index (χ2v) is 5.45. The maximum atomic E-state index is 10.7. The molecule has 1 aromatic carbocycles. The zero-order valence-electron chi connectivity index (χ0n) is 12.3. The van der Waals surface area contributed by atoms with Crippen LogP contribution >= 0.6 is 0 Å². The van der Waals surface area contributed by atoms with Gasteiger partial charge in [0.25, 0.3) is 0 Å². The summed E-state index contributed by atoms with van der Waals surface area (Å²) in [4.78, 5) is 13.0. The first-order valence-electron chi connectivity index (χ1n) is 7.24. The molecular weight excluding hydrogens is 254 g/mol. The van der Waals surface area contributed by atoms with Crippen LogP contribution in [-0.4, -0.2) is 36.9 Å². The van der Waals surface area contributed by atoms with Crippen LogP contribution in [0.3, 0.4) is 0 Å². The Bertz CT molecular complexity index is 471. The van der Waals surface area contributed by atoms with E-state index in [4.69, 9.17) is 4.74 Å². The molecule has 0 fully saturated rings. The molecule has 1 aromatic rings. The number of rotatable bonds is 6. The number of aliphatic hydroxyl groups is 1. The van der Waals surface area contributed by atoms with Gasteiger partial charge < -0.3 is 14.7 Å². The summed E-state index contributed by atoms with van der Waals surface area (Å²) in [5.74, 6) is -0.213. The average Bonchev–Trinajstić information content (AvgIpc) is 2.76.